The summed E-state index contributed by atoms with van der Waals surface area (Å²) in [5.74, 6) is 6.37. The van der Waals surface area contributed by atoms with Crippen LogP contribution >= 0.6 is 15.9 Å². The van der Waals surface area contributed by atoms with E-state index in [1.807, 2.05) is 0 Å². The topological polar surface area (TPSA) is 85.1 Å². The summed E-state index contributed by atoms with van der Waals surface area (Å²) in [4.78, 5) is 8.18. The van der Waals surface area contributed by atoms with Gasteiger partial charge in [0.25, 0.3) is 0 Å². The molecule has 1 saturated carbocycles. The highest BCUT2D eigenvalue weighted by atomic mass is 79.9. The highest BCUT2D eigenvalue weighted by Gasteiger charge is 2.14. The van der Waals surface area contributed by atoms with E-state index in [2.05, 4.69) is 36.6 Å². The van der Waals surface area contributed by atoms with Gasteiger partial charge in [-0.2, -0.15) is 4.98 Å². The summed E-state index contributed by atoms with van der Waals surface area (Å²) in [5, 5.41) is 3.19. The van der Waals surface area contributed by atoms with Crippen LogP contribution in [0.2, 0.25) is 0 Å². The van der Waals surface area contributed by atoms with Crippen molar-refractivity contribution in [3.8, 4) is 0 Å². The molecule has 0 unspecified atom stereocenters. The number of hydrogen-bond acceptors (Lipinski definition) is 6. The van der Waals surface area contributed by atoms with Gasteiger partial charge in [0.1, 0.15) is 5.82 Å². The van der Waals surface area contributed by atoms with Gasteiger partial charge in [-0.05, 0) is 28.8 Å². The van der Waals surface area contributed by atoms with Crippen molar-refractivity contribution in [2.45, 2.75) is 31.8 Å². The van der Waals surface area contributed by atoms with Crippen LogP contribution in [0.5, 0.6) is 0 Å². The fourth-order valence-electron chi connectivity index (χ4n) is 2.01. The SMILES string of the molecule is NNc1ncc(Br)c(NCCOC2CCCC2)n1. The molecule has 0 aromatic carbocycles. The van der Waals surface area contributed by atoms with Gasteiger partial charge in [0.15, 0.2) is 0 Å². The van der Waals surface area contributed by atoms with Gasteiger partial charge in [0.2, 0.25) is 5.95 Å². The van der Waals surface area contributed by atoms with E-state index in [1.165, 1.54) is 25.7 Å². The van der Waals surface area contributed by atoms with Crippen molar-refractivity contribution in [1.82, 2.24) is 9.97 Å². The molecule has 6 nitrogen and oxygen atoms in total. The first-order chi connectivity index (χ1) is 8.79. The second kappa shape index (κ2) is 6.86. The number of anilines is 2. The molecule has 0 spiro atoms. The molecule has 1 aliphatic carbocycles. The second-order valence-electron chi connectivity index (χ2n) is 4.24. The lowest BCUT2D eigenvalue weighted by atomic mass is 10.3. The number of hydrazine groups is 1. The molecule has 0 atom stereocenters. The summed E-state index contributed by atoms with van der Waals surface area (Å²) in [6.07, 6.45) is 7.07. The number of ether oxygens (including phenoxy) is 1. The summed E-state index contributed by atoms with van der Waals surface area (Å²) >= 11 is 3.38. The van der Waals surface area contributed by atoms with Crippen molar-refractivity contribution in [2.75, 3.05) is 23.9 Å². The highest BCUT2D eigenvalue weighted by Crippen LogP contribution is 2.21. The van der Waals surface area contributed by atoms with E-state index in [9.17, 15) is 0 Å². The third-order valence-electron chi connectivity index (χ3n) is 2.92. The Kier molecular flexibility index (Phi) is 5.15. The van der Waals surface area contributed by atoms with Gasteiger partial charge in [0, 0.05) is 12.7 Å². The Balaban J connectivity index is 1.75. The van der Waals surface area contributed by atoms with Crippen molar-refractivity contribution in [2.24, 2.45) is 5.84 Å². The molecular weight excluding hydrogens is 298 g/mol. The van der Waals surface area contributed by atoms with Crippen molar-refractivity contribution >= 4 is 27.7 Å². The maximum atomic E-state index is 5.76. The summed E-state index contributed by atoms with van der Waals surface area (Å²) < 4.78 is 6.57. The third-order valence-corrected chi connectivity index (χ3v) is 3.50. The molecule has 1 aliphatic rings. The molecule has 2 rings (SSSR count). The van der Waals surface area contributed by atoms with Crippen LogP contribution in [0.1, 0.15) is 25.7 Å². The van der Waals surface area contributed by atoms with Gasteiger partial charge >= 0.3 is 0 Å². The molecule has 1 heterocycles. The van der Waals surface area contributed by atoms with Crippen LogP contribution in [0, 0.1) is 0 Å². The van der Waals surface area contributed by atoms with Crippen LogP contribution in [-0.4, -0.2) is 29.2 Å². The molecule has 0 saturated heterocycles. The second-order valence-corrected chi connectivity index (χ2v) is 5.09. The van der Waals surface area contributed by atoms with Crippen molar-refractivity contribution in [1.29, 1.82) is 0 Å². The number of nitrogens with zero attached hydrogens (tertiary/aromatic N) is 2. The standard InChI is InChI=1S/C11H18BrN5O/c12-9-7-15-11(17-13)16-10(9)14-5-6-18-8-3-1-2-4-8/h7-8H,1-6,13H2,(H2,14,15,16,17). The number of rotatable bonds is 6. The van der Waals surface area contributed by atoms with Crippen LogP contribution in [0.3, 0.4) is 0 Å². The minimum atomic E-state index is 0.386. The Morgan fingerprint density at radius 2 is 2.22 bits per heavy atom. The number of aromatic nitrogens is 2. The summed E-state index contributed by atoms with van der Waals surface area (Å²) in [6.45, 7) is 1.41. The van der Waals surface area contributed by atoms with Gasteiger partial charge in [-0.25, -0.2) is 10.8 Å². The van der Waals surface area contributed by atoms with Crippen molar-refractivity contribution < 1.29 is 4.74 Å². The van der Waals surface area contributed by atoms with Crippen LogP contribution in [0.4, 0.5) is 11.8 Å². The number of halogens is 1. The van der Waals surface area contributed by atoms with Crippen molar-refractivity contribution in [3.63, 3.8) is 0 Å². The molecule has 7 heteroatoms. The normalized spacial score (nSPS) is 15.9. The summed E-state index contributed by atoms with van der Waals surface area (Å²) in [7, 11) is 0. The van der Waals surface area contributed by atoms with Gasteiger partial charge in [-0.3, -0.25) is 5.43 Å². The summed E-state index contributed by atoms with van der Waals surface area (Å²) in [5.41, 5.74) is 2.42. The zero-order valence-electron chi connectivity index (χ0n) is 10.2. The molecule has 0 aliphatic heterocycles. The predicted octanol–water partition coefficient (Wildman–Crippen LogP) is 1.90. The molecular formula is C11H18BrN5O. The van der Waals surface area contributed by atoms with E-state index < -0.39 is 0 Å². The van der Waals surface area contributed by atoms with Gasteiger partial charge in [-0.1, -0.05) is 12.8 Å². The fraction of sp³-hybridized carbons (Fsp3) is 0.636. The minimum Gasteiger partial charge on any atom is -0.376 e. The van der Waals surface area contributed by atoms with Crippen LogP contribution in [0.15, 0.2) is 10.7 Å². The van der Waals surface area contributed by atoms with Crippen LogP contribution in [-0.2, 0) is 4.74 Å². The molecule has 0 amide bonds. The van der Waals surface area contributed by atoms with E-state index in [4.69, 9.17) is 10.6 Å². The maximum absolute atomic E-state index is 5.76. The average Bonchev–Trinajstić information content (AvgIpc) is 2.89. The zero-order valence-corrected chi connectivity index (χ0v) is 11.7. The Morgan fingerprint density at radius 3 is 2.94 bits per heavy atom. The Labute approximate surface area is 115 Å². The average molecular weight is 316 g/mol. The lowest BCUT2D eigenvalue weighted by molar-refractivity contribution is 0.0658. The van der Waals surface area contributed by atoms with E-state index >= 15 is 0 Å². The molecule has 1 fully saturated rings. The van der Waals surface area contributed by atoms with Gasteiger partial charge in [0.05, 0.1) is 17.2 Å². The molecule has 1 aromatic heterocycles. The maximum Gasteiger partial charge on any atom is 0.239 e. The van der Waals surface area contributed by atoms with E-state index in [-0.39, 0.29) is 0 Å². The lowest BCUT2D eigenvalue weighted by Gasteiger charge is -2.12. The Bertz CT molecular complexity index is 384. The number of nitrogens with two attached hydrogens (primary N) is 1. The summed E-state index contributed by atoms with van der Waals surface area (Å²) in [6, 6.07) is 0. The predicted molar refractivity (Wildman–Crippen MR) is 74.2 cm³/mol. The first-order valence-corrected chi connectivity index (χ1v) is 6.93. The Hall–Kier alpha value is -0.920. The monoisotopic (exact) mass is 315 g/mol. The van der Waals surface area contributed by atoms with Crippen LogP contribution in [0.25, 0.3) is 0 Å². The van der Waals surface area contributed by atoms with Gasteiger partial charge in [-0.15, -0.1) is 0 Å². The fourth-order valence-corrected chi connectivity index (χ4v) is 2.34. The first-order valence-electron chi connectivity index (χ1n) is 6.14. The van der Waals surface area contributed by atoms with Crippen molar-refractivity contribution in [3.05, 3.63) is 10.7 Å². The molecule has 18 heavy (non-hydrogen) atoms. The largest absolute Gasteiger partial charge is 0.376 e. The molecule has 100 valence electrons. The number of nitrogens with one attached hydrogen (secondary N) is 2. The van der Waals surface area contributed by atoms with Gasteiger partial charge < -0.3 is 10.1 Å². The number of nitrogen functional groups attached to an aromatic ring is 1. The molecule has 0 radical (unpaired) electrons. The highest BCUT2D eigenvalue weighted by molar-refractivity contribution is 9.10. The van der Waals surface area contributed by atoms with E-state index in [0.29, 0.717) is 24.5 Å². The molecule has 4 N–H and O–H groups in total. The smallest absolute Gasteiger partial charge is 0.239 e. The first kappa shape index (κ1) is 13.5. The Morgan fingerprint density at radius 1 is 1.44 bits per heavy atom. The number of hydrogen-bond donors (Lipinski definition) is 3. The molecule has 0 bridgehead atoms. The van der Waals surface area contributed by atoms with Crippen LogP contribution < -0.4 is 16.6 Å². The minimum absolute atomic E-state index is 0.386. The van der Waals surface area contributed by atoms with E-state index in [1.54, 1.807) is 6.20 Å². The zero-order chi connectivity index (χ0) is 12.8. The van der Waals surface area contributed by atoms with E-state index in [0.717, 1.165) is 11.0 Å². The third kappa shape index (κ3) is 3.79. The quantitative estimate of drug-likeness (QED) is 0.422. The molecule has 1 aromatic rings. The lowest BCUT2D eigenvalue weighted by Crippen LogP contribution is -2.17.